The number of amides is 2. The van der Waals surface area contributed by atoms with Crippen LogP contribution in [0.4, 0.5) is 5.69 Å². The minimum absolute atomic E-state index is 0.0885. The number of aliphatic hydroxyl groups excluding tert-OH is 1. The zero-order chi connectivity index (χ0) is 15.8. The third-order valence-corrected chi connectivity index (χ3v) is 5.25. The molecule has 0 spiro atoms. The number of hydrogen-bond donors (Lipinski definition) is 4. The fraction of sp³-hybridized carbons (Fsp3) is 0.273. The number of rotatable bonds is 5. The molecule has 0 saturated carbocycles. The van der Waals surface area contributed by atoms with Crippen molar-refractivity contribution in [1.82, 2.24) is 4.72 Å². The number of hydrogen-bond acceptors (Lipinski definition) is 5. The Morgan fingerprint density at radius 2 is 2.19 bits per heavy atom. The van der Waals surface area contributed by atoms with E-state index < -0.39 is 28.6 Å². The van der Waals surface area contributed by atoms with Crippen LogP contribution in [0.2, 0.25) is 0 Å². The fourth-order valence-corrected chi connectivity index (χ4v) is 3.93. The van der Waals surface area contributed by atoms with Gasteiger partial charge >= 0.3 is 0 Å². The average molecular weight is 378 g/mol. The van der Waals surface area contributed by atoms with Crippen molar-refractivity contribution in [3.8, 4) is 0 Å². The van der Waals surface area contributed by atoms with Gasteiger partial charge in [0.25, 0.3) is 0 Å². The van der Waals surface area contributed by atoms with Gasteiger partial charge in [-0.2, -0.15) is 0 Å². The van der Waals surface area contributed by atoms with Crippen LogP contribution in [0.1, 0.15) is 5.56 Å². The van der Waals surface area contributed by atoms with Crippen LogP contribution in [0, 0.1) is 0 Å². The molecule has 0 saturated heterocycles. The van der Waals surface area contributed by atoms with Gasteiger partial charge in [0.05, 0.1) is 11.3 Å². The highest BCUT2D eigenvalue weighted by Crippen LogP contribution is 2.32. The Morgan fingerprint density at radius 1 is 1.52 bits per heavy atom. The molecular formula is C11H12BrN3O5S. The lowest BCUT2D eigenvalue weighted by Crippen LogP contribution is -2.40. The zero-order valence-corrected chi connectivity index (χ0v) is 13.0. The summed E-state index contributed by atoms with van der Waals surface area (Å²) in [5.41, 5.74) is 5.94. The van der Waals surface area contributed by atoms with E-state index in [0.29, 0.717) is 11.3 Å². The summed E-state index contributed by atoms with van der Waals surface area (Å²) < 4.78 is 26.6. The van der Waals surface area contributed by atoms with Crippen LogP contribution in [-0.2, 0) is 26.0 Å². The van der Waals surface area contributed by atoms with Gasteiger partial charge in [0.15, 0.2) is 0 Å². The Kier molecular flexibility index (Phi) is 4.33. The average Bonchev–Trinajstić information content (AvgIpc) is 2.73. The second-order valence-corrected chi connectivity index (χ2v) is 7.02. The number of nitrogens with one attached hydrogen (secondary N) is 2. The molecule has 1 unspecified atom stereocenters. The van der Waals surface area contributed by atoms with E-state index in [1.165, 1.54) is 12.1 Å². The lowest BCUT2D eigenvalue weighted by Gasteiger charge is -2.12. The van der Waals surface area contributed by atoms with Crippen LogP contribution in [0.5, 0.6) is 0 Å². The lowest BCUT2D eigenvalue weighted by molar-refractivity contribution is -0.125. The molecule has 1 aromatic carbocycles. The molecule has 1 aromatic rings. The van der Waals surface area contributed by atoms with Crippen LogP contribution < -0.4 is 15.8 Å². The van der Waals surface area contributed by atoms with E-state index in [1.54, 1.807) is 0 Å². The van der Waals surface area contributed by atoms with Gasteiger partial charge in [-0.15, -0.1) is 0 Å². The molecule has 10 heteroatoms. The van der Waals surface area contributed by atoms with Crippen LogP contribution in [0.3, 0.4) is 0 Å². The topological polar surface area (TPSA) is 139 Å². The van der Waals surface area contributed by atoms with Crippen molar-refractivity contribution in [2.24, 2.45) is 5.73 Å². The number of carbonyl (C=O) groups is 2. The van der Waals surface area contributed by atoms with Crippen molar-refractivity contribution in [2.75, 3.05) is 11.9 Å². The van der Waals surface area contributed by atoms with Crippen molar-refractivity contribution in [3.05, 3.63) is 22.2 Å². The van der Waals surface area contributed by atoms with Gasteiger partial charge in [-0.25, -0.2) is 13.1 Å². The fourth-order valence-electron chi connectivity index (χ4n) is 1.80. The van der Waals surface area contributed by atoms with E-state index in [4.69, 9.17) is 5.73 Å². The number of anilines is 1. The first-order valence-electron chi connectivity index (χ1n) is 5.80. The summed E-state index contributed by atoms with van der Waals surface area (Å²) in [5, 5.41) is 11.8. The Morgan fingerprint density at radius 3 is 2.81 bits per heavy atom. The number of carbonyl (C=O) groups excluding carboxylic acids is 2. The Hall–Kier alpha value is -1.49. The maximum absolute atomic E-state index is 12.2. The SMILES string of the molecule is NC(=O)C(O)CNS(=O)(=O)c1cc2c(cc1Br)NC(=O)C2. The molecule has 8 nitrogen and oxygen atoms in total. The maximum atomic E-state index is 12.2. The van der Waals surface area contributed by atoms with Crippen molar-refractivity contribution < 1.29 is 23.1 Å². The summed E-state index contributed by atoms with van der Waals surface area (Å²) in [6, 6.07) is 2.84. The molecule has 1 heterocycles. The normalized spacial score (nSPS) is 15.4. The van der Waals surface area contributed by atoms with Gasteiger partial charge in [0, 0.05) is 16.7 Å². The Labute approximate surface area is 128 Å². The largest absolute Gasteiger partial charge is 0.382 e. The monoisotopic (exact) mass is 377 g/mol. The van der Waals surface area contributed by atoms with E-state index in [0.717, 1.165) is 0 Å². The smallest absolute Gasteiger partial charge is 0.247 e. The second-order valence-electron chi connectivity index (χ2n) is 4.43. The first-order valence-corrected chi connectivity index (χ1v) is 8.07. The molecule has 2 amide bonds. The van der Waals surface area contributed by atoms with Crippen molar-refractivity contribution in [2.45, 2.75) is 17.4 Å². The molecule has 0 aliphatic carbocycles. The van der Waals surface area contributed by atoms with E-state index in [9.17, 15) is 23.1 Å². The number of nitrogens with two attached hydrogens (primary N) is 1. The molecule has 2 rings (SSSR count). The minimum Gasteiger partial charge on any atom is -0.382 e. The predicted molar refractivity (Wildman–Crippen MR) is 76.9 cm³/mol. The molecule has 1 aliphatic heterocycles. The number of primary amides is 1. The minimum atomic E-state index is -3.96. The summed E-state index contributed by atoms with van der Waals surface area (Å²) in [6.45, 7) is -0.529. The predicted octanol–water partition coefficient (Wildman–Crippen LogP) is -0.932. The quantitative estimate of drug-likeness (QED) is 0.524. The third kappa shape index (κ3) is 3.40. The van der Waals surface area contributed by atoms with Gasteiger partial charge in [-0.05, 0) is 33.6 Å². The van der Waals surface area contributed by atoms with E-state index in [2.05, 4.69) is 26.0 Å². The van der Waals surface area contributed by atoms with Gasteiger partial charge in [0.2, 0.25) is 21.8 Å². The maximum Gasteiger partial charge on any atom is 0.247 e. The molecule has 0 aromatic heterocycles. The first-order chi connectivity index (χ1) is 9.70. The highest BCUT2D eigenvalue weighted by molar-refractivity contribution is 9.10. The summed E-state index contributed by atoms with van der Waals surface area (Å²) >= 11 is 3.12. The summed E-state index contributed by atoms with van der Waals surface area (Å²) in [4.78, 5) is 21.9. The molecule has 1 atom stereocenters. The van der Waals surface area contributed by atoms with Gasteiger partial charge in [-0.1, -0.05) is 0 Å². The van der Waals surface area contributed by atoms with Gasteiger partial charge in [-0.3, -0.25) is 9.59 Å². The summed E-state index contributed by atoms with van der Waals surface area (Å²) in [5.74, 6) is -1.25. The number of fused-ring (bicyclic) bond motifs is 1. The van der Waals surface area contributed by atoms with Crippen LogP contribution >= 0.6 is 15.9 Å². The second kappa shape index (κ2) is 5.72. The number of benzene rings is 1. The zero-order valence-electron chi connectivity index (χ0n) is 10.6. The highest BCUT2D eigenvalue weighted by atomic mass is 79.9. The van der Waals surface area contributed by atoms with E-state index in [1.807, 2.05) is 0 Å². The molecule has 5 N–H and O–H groups in total. The highest BCUT2D eigenvalue weighted by Gasteiger charge is 2.25. The lowest BCUT2D eigenvalue weighted by atomic mass is 10.2. The van der Waals surface area contributed by atoms with E-state index in [-0.39, 0.29) is 21.7 Å². The first kappa shape index (κ1) is 15.9. The number of aliphatic hydroxyl groups is 1. The van der Waals surface area contributed by atoms with Crippen LogP contribution in [-0.4, -0.2) is 38.0 Å². The molecule has 1 aliphatic rings. The number of sulfonamides is 1. The molecule has 21 heavy (non-hydrogen) atoms. The van der Waals surface area contributed by atoms with Gasteiger partial charge < -0.3 is 16.2 Å². The molecule has 0 radical (unpaired) electrons. The van der Waals surface area contributed by atoms with Gasteiger partial charge in [0.1, 0.15) is 6.10 Å². The molecular weight excluding hydrogens is 366 g/mol. The van der Waals surface area contributed by atoms with Crippen LogP contribution in [0.15, 0.2) is 21.5 Å². The Bertz CT molecular complexity index is 719. The summed E-state index contributed by atoms with van der Waals surface area (Å²) in [6.07, 6.45) is -1.52. The standard InChI is InChI=1S/C11H12BrN3O5S/c12-6-3-7-5(2-10(17)15-7)1-9(6)21(19,20)14-4-8(16)11(13)18/h1,3,8,14,16H,2,4H2,(H2,13,18)(H,15,17). The van der Waals surface area contributed by atoms with Crippen LogP contribution in [0.25, 0.3) is 0 Å². The Balaban J connectivity index is 2.27. The summed E-state index contributed by atoms with van der Waals surface area (Å²) in [7, 11) is -3.96. The molecule has 114 valence electrons. The molecule has 0 bridgehead atoms. The number of halogens is 1. The molecule has 0 fully saturated rings. The van der Waals surface area contributed by atoms with Crippen molar-refractivity contribution in [1.29, 1.82) is 0 Å². The van der Waals surface area contributed by atoms with E-state index >= 15 is 0 Å². The third-order valence-electron chi connectivity index (χ3n) is 2.87. The van der Waals surface area contributed by atoms with Crippen molar-refractivity contribution >= 4 is 43.5 Å². The van der Waals surface area contributed by atoms with Crippen molar-refractivity contribution in [3.63, 3.8) is 0 Å².